The van der Waals surface area contributed by atoms with Crippen molar-refractivity contribution in [3.63, 3.8) is 0 Å². The van der Waals surface area contributed by atoms with E-state index in [1.807, 2.05) is 36.1 Å². The molecular weight excluding hydrogens is 462 g/mol. The topological polar surface area (TPSA) is 70.2 Å². The Labute approximate surface area is 200 Å². The Balaban J connectivity index is 1.40. The molecule has 2 fully saturated rings. The third-order valence-corrected chi connectivity index (χ3v) is 8.60. The Morgan fingerprint density at radius 2 is 1.82 bits per heavy atom. The van der Waals surface area contributed by atoms with Crippen LogP contribution < -0.4 is 9.64 Å². The van der Waals surface area contributed by atoms with Crippen molar-refractivity contribution in [3.8, 4) is 5.75 Å². The van der Waals surface area contributed by atoms with E-state index in [9.17, 15) is 13.2 Å². The van der Waals surface area contributed by atoms with E-state index in [2.05, 4.69) is 4.90 Å². The highest BCUT2D eigenvalue weighted by Crippen LogP contribution is 2.28. The van der Waals surface area contributed by atoms with Crippen LogP contribution in [0, 0.1) is 12.8 Å². The Morgan fingerprint density at radius 3 is 2.48 bits per heavy atom. The van der Waals surface area contributed by atoms with Gasteiger partial charge in [-0.15, -0.1) is 0 Å². The third-order valence-electron chi connectivity index (χ3n) is 6.50. The molecular formula is C24H30ClN3O4S. The van der Waals surface area contributed by atoms with Crippen molar-refractivity contribution < 1.29 is 17.9 Å². The van der Waals surface area contributed by atoms with E-state index >= 15 is 0 Å². The molecule has 0 aliphatic carbocycles. The van der Waals surface area contributed by atoms with Gasteiger partial charge in [-0.05, 0) is 61.7 Å². The molecule has 0 radical (unpaired) electrons. The number of amides is 1. The predicted molar refractivity (Wildman–Crippen MR) is 129 cm³/mol. The average Bonchev–Trinajstić information content (AvgIpc) is 2.83. The van der Waals surface area contributed by atoms with Crippen molar-refractivity contribution in [1.29, 1.82) is 0 Å². The minimum absolute atomic E-state index is 0.0477. The van der Waals surface area contributed by atoms with Gasteiger partial charge in [0.15, 0.2) is 0 Å². The van der Waals surface area contributed by atoms with E-state index in [0.29, 0.717) is 43.2 Å². The SMILES string of the molecule is COc1ccc(S(=O)(=O)N2CCCC(C(=O)N3CCN(c4cccc(Cl)c4)CC3)C2)cc1C. The number of benzene rings is 2. The van der Waals surface area contributed by atoms with Gasteiger partial charge >= 0.3 is 0 Å². The highest BCUT2D eigenvalue weighted by atomic mass is 35.5. The first-order valence-electron chi connectivity index (χ1n) is 11.2. The van der Waals surface area contributed by atoms with Gasteiger partial charge in [-0.3, -0.25) is 4.79 Å². The van der Waals surface area contributed by atoms with Crippen molar-refractivity contribution in [2.24, 2.45) is 5.92 Å². The molecule has 1 atom stereocenters. The Kier molecular flexibility index (Phi) is 7.16. The minimum atomic E-state index is -3.67. The number of nitrogens with zero attached hydrogens (tertiary/aromatic N) is 3. The number of rotatable bonds is 5. The summed E-state index contributed by atoms with van der Waals surface area (Å²) < 4.78 is 33.2. The van der Waals surface area contributed by atoms with Crippen LogP contribution in [0.2, 0.25) is 5.02 Å². The maximum absolute atomic E-state index is 13.3. The number of halogens is 1. The number of methoxy groups -OCH3 is 1. The smallest absolute Gasteiger partial charge is 0.243 e. The molecule has 2 aromatic rings. The van der Waals surface area contributed by atoms with Gasteiger partial charge in [-0.1, -0.05) is 17.7 Å². The van der Waals surface area contributed by atoms with Gasteiger partial charge in [0.25, 0.3) is 0 Å². The highest BCUT2D eigenvalue weighted by molar-refractivity contribution is 7.89. The summed E-state index contributed by atoms with van der Waals surface area (Å²) in [7, 11) is -2.11. The second kappa shape index (κ2) is 9.91. The van der Waals surface area contributed by atoms with Gasteiger partial charge in [-0.25, -0.2) is 8.42 Å². The molecule has 2 aliphatic heterocycles. The maximum Gasteiger partial charge on any atom is 0.243 e. The molecule has 2 aliphatic rings. The van der Waals surface area contributed by atoms with Crippen LogP contribution >= 0.6 is 11.6 Å². The molecule has 178 valence electrons. The summed E-state index contributed by atoms with van der Waals surface area (Å²) in [4.78, 5) is 17.6. The molecule has 2 aromatic carbocycles. The van der Waals surface area contributed by atoms with E-state index in [4.69, 9.17) is 16.3 Å². The molecule has 7 nitrogen and oxygen atoms in total. The molecule has 2 heterocycles. The molecule has 0 aromatic heterocycles. The fourth-order valence-corrected chi connectivity index (χ4v) is 6.43. The lowest BCUT2D eigenvalue weighted by atomic mass is 9.97. The summed E-state index contributed by atoms with van der Waals surface area (Å²) in [6, 6.07) is 12.6. The lowest BCUT2D eigenvalue weighted by Gasteiger charge is -2.39. The third kappa shape index (κ3) is 5.13. The van der Waals surface area contributed by atoms with E-state index in [1.165, 1.54) is 4.31 Å². The van der Waals surface area contributed by atoms with Crippen LogP contribution in [0.25, 0.3) is 0 Å². The minimum Gasteiger partial charge on any atom is -0.496 e. The van der Waals surface area contributed by atoms with Gasteiger partial charge in [0, 0.05) is 50.0 Å². The van der Waals surface area contributed by atoms with E-state index < -0.39 is 10.0 Å². The number of hydrogen-bond acceptors (Lipinski definition) is 5. The Morgan fingerprint density at radius 1 is 1.06 bits per heavy atom. The number of anilines is 1. The van der Waals surface area contributed by atoms with E-state index in [1.54, 1.807) is 25.3 Å². The monoisotopic (exact) mass is 491 g/mol. The number of piperazine rings is 1. The van der Waals surface area contributed by atoms with Gasteiger partial charge in [0.2, 0.25) is 15.9 Å². The molecule has 9 heteroatoms. The zero-order chi connectivity index (χ0) is 23.6. The first kappa shape index (κ1) is 23.9. The fourth-order valence-electron chi connectivity index (χ4n) is 4.64. The predicted octanol–water partition coefficient (Wildman–Crippen LogP) is 3.41. The second-order valence-corrected chi connectivity index (χ2v) is 11.0. The number of ether oxygens (including phenoxy) is 1. The first-order chi connectivity index (χ1) is 15.8. The average molecular weight is 492 g/mol. The molecule has 0 saturated carbocycles. The van der Waals surface area contributed by atoms with Gasteiger partial charge in [-0.2, -0.15) is 4.31 Å². The molecule has 1 unspecified atom stereocenters. The summed E-state index contributed by atoms with van der Waals surface area (Å²) in [5, 5.41) is 0.696. The molecule has 0 spiro atoms. The van der Waals surface area contributed by atoms with Crippen molar-refractivity contribution >= 4 is 33.2 Å². The zero-order valence-corrected chi connectivity index (χ0v) is 20.6. The van der Waals surface area contributed by atoms with Crippen molar-refractivity contribution in [1.82, 2.24) is 9.21 Å². The zero-order valence-electron chi connectivity index (χ0n) is 19.0. The van der Waals surface area contributed by atoms with Crippen LogP contribution in [-0.2, 0) is 14.8 Å². The molecule has 4 rings (SSSR count). The van der Waals surface area contributed by atoms with Crippen LogP contribution in [0.4, 0.5) is 5.69 Å². The van der Waals surface area contributed by atoms with Gasteiger partial charge in [0.1, 0.15) is 5.75 Å². The molecule has 0 N–H and O–H groups in total. The number of piperidine rings is 1. The normalized spacial score (nSPS) is 20.0. The number of sulfonamides is 1. The van der Waals surface area contributed by atoms with Crippen LogP contribution in [0.15, 0.2) is 47.4 Å². The van der Waals surface area contributed by atoms with Crippen molar-refractivity contribution in [2.45, 2.75) is 24.7 Å². The first-order valence-corrected chi connectivity index (χ1v) is 13.1. The number of hydrogen-bond donors (Lipinski definition) is 0. The lowest BCUT2D eigenvalue weighted by Crippen LogP contribution is -2.53. The number of aryl methyl sites for hydroxylation is 1. The quantitative estimate of drug-likeness (QED) is 0.641. The summed E-state index contributed by atoms with van der Waals surface area (Å²) >= 11 is 6.11. The summed E-state index contributed by atoms with van der Waals surface area (Å²) in [5.41, 5.74) is 1.82. The summed E-state index contributed by atoms with van der Waals surface area (Å²) in [6.07, 6.45) is 1.38. The van der Waals surface area contributed by atoms with Gasteiger partial charge in [0.05, 0.1) is 17.9 Å². The van der Waals surface area contributed by atoms with Crippen LogP contribution in [0.3, 0.4) is 0 Å². The highest BCUT2D eigenvalue weighted by Gasteiger charge is 2.36. The maximum atomic E-state index is 13.3. The molecule has 1 amide bonds. The summed E-state index contributed by atoms with van der Waals surface area (Å²) in [6.45, 7) is 5.17. The lowest BCUT2D eigenvalue weighted by molar-refractivity contribution is -0.137. The van der Waals surface area contributed by atoms with E-state index in [0.717, 1.165) is 24.3 Å². The van der Waals surface area contributed by atoms with Gasteiger partial charge < -0.3 is 14.5 Å². The van der Waals surface area contributed by atoms with Crippen LogP contribution in [-0.4, -0.2) is 69.9 Å². The molecule has 0 bridgehead atoms. The molecule has 2 saturated heterocycles. The van der Waals surface area contributed by atoms with Crippen molar-refractivity contribution in [2.75, 3.05) is 51.3 Å². The second-order valence-electron chi connectivity index (χ2n) is 8.63. The molecule has 33 heavy (non-hydrogen) atoms. The Bertz CT molecular complexity index is 1120. The summed E-state index contributed by atoms with van der Waals surface area (Å²) in [5.74, 6) is 0.384. The fraction of sp³-hybridized carbons (Fsp3) is 0.458. The van der Waals surface area contributed by atoms with Crippen LogP contribution in [0.5, 0.6) is 5.75 Å². The largest absolute Gasteiger partial charge is 0.496 e. The van der Waals surface area contributed by atoms with E-state index in [-0.39, 0.29) is 23.3 Å². The van der Waals surface area contributed by atoms with Crippen LogP contribution in [0.1, 0.15) is 18.4 Å². The number of carbonyl (C=O) groups is 1. The standard InChI is InChI=1S/C24H30ClN3O4S/c1-18-15-22(8-9-23(18)32-2)33(30,31)28-10-4-5-19(17-28)24(29)27-13-11-26(12-14-27)21-7-3-6-20(25)16-21/h3,6-9,15-16,19H,4-5,10-14,17H2,1-2H3. The number of carbonyl (C=O) groups excluding carboxylic acids is 1. The van der Waals surface area contributed by atoms with Crippen molar-refractivity contribution in [3.05, 3.63) is 53.1 Å². The Hall–Kier alpha value is -2.29.